The number of nitrogens with zero attached hydrogens (tertiary/aromatic N) is 2. The third-order valence-electron chi connectivity index (χ3n) is 2.66. The molecule has 1 aromatic rings. The Morgan fingerprint density at radius 1 is 1.33 bits per heavy atom. The van der Waals surface area contributed by atoms with Gasteiger partial charge in [0.2, 0.25) is 0 Å². The first-order chi connectivity index (χ1) is 10.9. The Hall–Kier alpha value is -2.10. The molecule has 0 bridgehead atoms. The van der Waals surface area contributed by atoms with Gasteiger partial charge in [0.25, 0.3) is 5.56 Å². The van der Waals surface area contributed by atoms with Crippen molar-refractivity contribution in [2.24, 2.45) is 0 Å². The molecule has 1 rings (SSSR count). The van der Waals surface area contributed by atoms with E-state index in [1.165, 1.54) is 0 Å². The van der Waals surface area contributed by atoms with Crippen LogP contribution in [0.5, 0.6) is 0 Å². The molecule has 0 radical (unpaired) electrons. The van der Waals surface area contributed by atoms with Crippen LogP contribution in [0.3, 0.4) is 0 Å². The molecule has 0 unspecified atom stereocenters. The average molecular weight is 406 g/mol. The van der Waals surface area contributed by atoms with Gasteiger partial charge in [0.05, 0.1) is 12.2 Å². The molecule has 1 amide bonds. The van der Waals surface area contributed by atoms with Crippen LogP contribution in [0.2, 0.25) is 0 Å². The summed E-state index contributed by atoms with van der Waals surface area (Å²) in [5.74, 6) is -0.714. The number of hydrogen-bond acceptors (Lipinski definition) is 6. The zero-order valence-electron chi connectivity index (χ0n) is 14.1. The lowest BCUT2D eigenvalue weighted by Crippen LogP contribution is -2.47. The monoisotopic (exact) mass is 405 g/mol. The highest BCUT2D eigenvalue weighted by Gasteiger charge is 2.20. The summed E-state index contributed by atoms with van der Waals surface area (Å²) < 4.78 is 6.64. The lowest BCUT2D eigenvalue weighted by Gasteiger charge is -2.21. The van der Waals surface area contributed by atoms with Crippen molar-refractivity contribution in [3.05, 3.63) is 31.5 Å². The number of halogens is 1. The summed E-state index contributed by atoms with van der Waals surface area (Å²) in [4.78, 5) is 51.9. The molecule has 0 aromatic carbocycles. The smallest absolute Gasteiger partial charge is 0.407 e. The lowest BCUT2D eigenvalue weighted by molar-refractivity contribution is -0.142. The Labute approximate surface area is 146 Å². The number of hydrogen-bond donors (Lipinski definition) is 1. The van der Waals surface area contributed by atoms with Gasteiger partial charge in [-0.2, -0.15) is 0 Å². The summed E-state index contributed by atoms with van der Waals surface area (Å²) in [6, 6.07) is -0.697. The molecule has 0 fully saturated rings. The van der Waals surface area contributed by atoms with E-state index in [-0.39, 0.29) is 11.0 Å². The van der Waals surface area contributed by atoms with Crippen LogP contribution in [0, 0.1) is 0 Å². The quantitative estimate of drug-likeness (QED) is 0.794. The second-order valence-corrected chi connectivity index (χ2v) is 6.93. The molecule has 0 aliphatic carbocycles. The Morgan fingerprint density at radius 3 is 2.42 bits per heavy atom. The van der Waals surface area contributed by atoms with Gasteiger partial charge in [0.1, 0.15) is 10.1 Å². The van der Waals surface area contributed by atoms with E-state index < -0.39 is 35.0 Å². The second kappa shape index (κ2) is 7.65. The van der Waals surface area contributed by atoms with Gasteiger partial charge in [0, 0.05) is 13.5 Å². The van der Waals surface area contributed by atoms with Crippen LogP contribution in [0.1, 0.15) is 40.7 Å². The summed E-state index contributed by atoms with van der Waals surface area (Å²) in [5, 5.41) is 2.48. The highest BCUT2D eigenvalue weighted by molar-refractivity contribution is 9.10. The van der Waals surface area contributed by atoms with Crippen molar-refractivity contribution in [1.82, 2.24) is 14.6 Å². The minimum absolute atomic E-state index is 0.0272. The number of carbonyl (C=O) groups excluding carboxylic acids is 2. The number of carbonyl (C=O) groups is 2. The molecule has 0 saturated carbocycles. The average Bonchev–Trinajstić information content (AvgIpc) is 2.40. The van der Waals surface area contributed by atoms with Gasteiger partial charge in [-0.1, -0.05) is 0 Å². The van der Waals surface area contributed by atoms with Crippen molar-refractivity contribution in [2.45, 2.75) is 46.3 Å². The van der Waals surface area contributed by atoms with E-state index in [1.807, 2.05) is 0 Å². The van der Waals surface area contributed by atoms with Gasteiger partial charge in [-0.3, -0.25) is 9.36 Å². The van der Waals surface area contributed by atoms with E-state index in [4.69, 9.17) is 9.57 Å². The number of ether oxygens (including phenoxy) is 1. The second-order valence-electron chi connectivity index (χ2n) is 6.08. The fourth-order valence-electron chi connectivity index (χ4n) is 1.75. The molecule has 0 aliphatic heterocycles. The summed E-state index contributed by atoms with van der Waals surface area (Å²) in [7, 11) is 0. The normalized spacial score (nSPS) is 12.4. The molecule has 0 spiro atoms. The minimum Gasteiger partial charge on any atom is -0.444 e. The predicted octanol–water partition coefficient (Wildman–Crippen LogP) is 0.833. The molecule has 1 aromatic heterocycles. The molecular formula is C14H20BrN3O6. The topological polar surface area (TPSA) is 109 Å². The molecule has 1 atom stereocenters. The summed E-state index contributed by atoms with van der Waals surface area (Å²) in [5.41, 5.74) is -2.11. The highest BCUT2D eigenvalue weighted by Crippen LogP contribution is 2.07. The zero-order valence-corrected chi connectivity index (χ0v) is 15.7. The van der Waals surface area contributed by atoms with Gasteiger partial charge in [-0.25, -0.2) is 14.4 Å². The van der Waals surface area contributed by atoms with Crippen LogP contribution in [-0.2, 0) is 9.53 Å². The fraction of sp³-hybridized carbons (Fsp3) is 0.571. The minimum atomic E-state index is -0.836. The van der Waals surface area contributed by atoms with Crippen LogP contribution in [0.15, 0.2) is 20.3 Å². The third-order valence-corrected chi connectivity index (χ3v) is 3.20. The maximum absolute atomic E-state index is 12.3. The molecule has 0 saturated heterocycles. The SMILES string of the molecule is CC(=O)On1cc(Br)c(=O)n([C@@H](C)CNC(=O)OC(C)(C)C)c1=O. The van der Waals surface area contributed by atoms with E-state index >= 15 is 0 Å². The molecule has 0 aliphatic rings. The zero-order chi connectivity index (χ0) is 18.7. The Morgan fingerprint density at radius 2 is 1.92 bits per heavy atom. The summed E-state index contributed by atoms with van der Waals surface area (Å²) in [6.45, 7) is 7.81. The van der Waals surface area contributed by atoms with Crippen molar-refractivity contribution >= 4 is 28.0 Å². The van der Waals surface area contributed by atoms with E-state index in [9.17, 15) is 19.2 Å². The van der Waals surface area contributed by atoms with E-state index in [1.54, 1.807) is 27.7 Å². The van der Waals surface area contributed by atoms with Crippen LogP contribution in [0.25, 0.3) is 0 Å². The number of aromatic nitrogens is 2. The molecule has 10 heteroatoms. The van der Waals surface area contributed by atoms with Crippen molar-refractivity contribution < 1.29 is 19.2 Å². The van der Waals surface area contributed by atoms with Crippen LogP contribution >= 0.6 is 15.9 Å². The number of alkyl carbamates (subject to hydrolysis) is 1. The van der Waals surface area contributed by atoms with Gasteiger partial charge in [-0.15, -0.1) is 4.73 Å². The van der Waals surface area contributed by atoms with E-state index in [2.05, 4.69) is 21.2 Å². The Bertz CT molecular complexity index is 746. The lowest BCUT2D eigenvalue weighted by atomic mass is 10.2. The van der Waals surface area contributed by atoms with Gasteiger partial charge >= 0.3 is 17.8 Å². The Balaban J connectivity index is 3.02. The van der Waals surface area contributed by atoms with Gasteiger partial charge in [-0.05, 0) is 43.6 Å². The molecule has 9 nitrogen and oxygen atoms in total. The summed E-state index contributed by atoms with van der Waals surface area (Å²) in [6.07, 6.45) is 0.397. The van der Waals surface area contributed by atoms with Gasteiger partial charge in [0.15, 0.2) is 0 Å². The maximum Gasteiger partial charge on any atom is 0.407 e. The van der Waals surface area contributed by atoms with E-state index in [0.29, 0.717) is 4.73 Å². The number of nitrogens with one attached hydrogen (secondary N) is 1. The first-order valence-electron chi connectivity index (χ1n) is 7.12. The largest absolute Gasteiger partial charge is 0.444 e. The van der Waals surface area contributed by atoms with Gasteiger partial charge < -0.3 is 14.9 Å². The van der Waals surface area contributed by atoms with Crippen LogP contribution in [0.4, 0.5) is 4.79 Å². The van der Waals surface area contributed by atoms with E-state index in [0.717, 1.165) is 17.7 Å². The standard InChI is InChI=1S/C14H20BrN3O6/c1-8(6-16-12(21)23-14(3,4)5)18-11(20)10(15)7-17(13(18)22)24-9(2)19/h7-8H,6H2,1-5H3,(H,16,21)/t8-/m0/s1. The van der Waals surface area contributed by atoms with Crippen molar-refractivity contribution in [2.75, 3.05) is 6.54 Å². The summed E-state index contributed by atoms with van der Waals surface area (Å²) >= 11 is 3.01. The van der Waals surface area contributed by atoms with Crippen molar-refractivity contribution in [3.63, 3.8) is 0 Å². The maximum atomic E-state index is 12.3. The molecule has 1 heterocycles. The number of rotatable bonds is 4. The highest BCUT2D eigenvalue weighted by atomic mass is 79.9. The Kier molecular flexibility index (Phi) is 6.35. The molecule has 24 heavy (non-hydrogen) atoms. The van der Waals surface area contributed by atoms with Crippen molar-refractivity contribution in [1.29, 1.82) is 0 Å². The van der Waals surface area contributed by atoms with Crippen LogP contribution in [-0.4, -0.2) is 33.5 Å². The number of amides is 1. The van der Waals surface area contributed by atoms with Crippen molar-refractivity contribution in [3.8, 4) is 0 Å². The fourth-order valence-corrected chi connectivity index (χ4v) is 2.13. The first-order valence-corrected chi connectivity index (χ1v) is 7.91. The molecule has 134 valence electrons. The predicted molar refractivity (Wildman–Crippen MR) is 88.9 cm³/mol. The molecule has 1 N–H and O–H groups in total. The third kappa shape index (κ3) is 5.52. The first kappa shape index (κ1) is 19.9. The van der Waals surface area contributed by atoms with Crippen LogP contribution < -0.4 is 21.4 Å². The molecular weight excluding hydrogens is 386 g/mol.